The first-order chi connectivity index (χ1) is 29.0. The largest absolute Gasteiger partial charge is 0.460 e. The molecule has 1 aliphatic heterocycles. The smallest absolute Gasteiger partial charge is 0.312 e. The van der Waals surface area contributed by atoms with Gasteiger partial charge in [0.1, 0.15) is 18.7 Å². The summed E-state index contributed by atoms with van der Waals surface area (Å²) in [5.74, 6) is -3.30. The lowest BCUT2D eigenvalue weighted by atomic mass is 9.97. The minimum atomic E-state index is -1.01. The van der Waals surface area contributed by atoms with Crippen molar-refractivity contribution in [3.05, 3.63) is 42.0 Å². The Morgan fingerprint density at radius 1 is 0.705 bits per heavy atom. The maximum Gasteiger partial charge on any atom is 0.312 e. The van der Waals surface area contributed by atoms with E-state index in [1.54, 1.807) is 58.9 Å². The normalized spacial score (nSPS) is 13.4. The lowest BCUT2D eigenvalue weighted by molar-refractivity contribution is -0.154. The van der Waals surface area contributed by atoms with Crippen LogP contribution in [-0.4, -0.2) is 137 Å². The molecule has 8 amide bonds. The average Bonchev–Trinajstić information content (AvgIpc) is 3.53. The van der Waals surface area contributed by atoms with Crippen LogP contribution in [0.4, 0.5) is 10.5 Å². The number of nitrogens with one attached hydrogen (secondary N) is 5. The molecule has 0 radical (unpaired) electrons. The topological polar surface area (TPSA) is 272 Å². The number of carbonyl (C=O) groups is 8. The molecule has 0 bridgehead atoms. The van der Waals surface area contributed by atoms with Gasteiger partial charge in [0.25, 0.3) is 11.8 Å². The lowest BCUT2D eigenvalue weighted by Gasteiger charge is -2.25. The highest BCUT2D eigenvalue weighted by Crippen LogP contribution is 2.18. The van der Waals surface area contributed by atoms with Crippen molar-refractivity contribution in [1.29, 1.82) is 0 Å². The quantitative estimate of drug-likeness (QED) is 0.0353. The summed E-state index contributed by atoms with van der Waals surface area (Å²) < 4.78 is 27.2. The van der Waals surface area contributed by atoms with Crippen molar-refractivity contribution in [1.82, 2.24) is 26.2 Å². The van der Waals surface area contributed by atoms with Gasteiger partial charge in [-0.2, -0.15) is 0 Å². The van der Waals surface area contributed by atoms with Crippen molar-refractivity contribution in [2.24, 2.45) is 17.1 Å². The van der Waals surface area contributed by atoms with Crippen LogP contribution < -0.4 is 32.3 Å². The first kappa shape index (κ1) is 51.7. The van der Waals surface area contributed by atoms with E-state index >= 15 is 0 Å². The Morgan fingerprint density at radius 3 is 1.84 bits per heavy atom. The van der Waals surface area contributed by atoms with Crippen LogP contribution in [0.3, 0.4) is 0 Å². The van der Waals surface area contributed by atoms with E-state index in [9.17, 15) is 38.4 Å². The van der Waals surface area contributed by atoms with Gasteiger partial charge in [0.05, 0.1) is 58.3 Å². The molecule has 0 fully saturated rings. The van der Waals surface area contributed by atoms with Gasteiger partial charge >= 0.3 is 12.0 Å². The SMILES string of the molecule is CC(C)C(NC(=O)CCOCCOCCOCCOCCNC(=O)CCN1C(=O)C=CC1=O)C(=O)N[C@@H](CCCNC(N)=O)C(=O)Nc1ccc(COC(=O)C(C)(C)C)cc1. The molecule has 1 heterocycles. The summed E-state index contributed by atoms with van der Waals surface area (Å²) in [6, 6.07) is 4.03. The Hall–Kier alpha value is -5.44. The van der Waals surface area contributed by atoms with Crippen LogP contribution in [0.25, 0.3) is 0 Å². The molecule has 1 aliphatic rings. The Bertz CT molecular complexity index is 1610. The fraction of sp³-hybridized carbons (Fsp3) is 0.610. The average molecular weight is 862 g/mol. The number of rotatable bonds is 30. The zero-order valence-electron chi connectivity index (χ0n) is 35.8. The number of amides is 8. The molecule has 0 saturated heterocycles. The molecule has 0 saturated carbocycles. The van der Waals surface area contributed by atoms with Crippen LogP contribution >= 0.6 is 0 Å². The summed E-state index contributed by atoms with van der Waals surface area (Å²) >= 11 is 0. The number of anilines is 1. The minimum Gasteiger partial charge on any atom is -0.460 e. The summed E-state index contributed by atoms with van der Waals surface area (Å²) in [6.07, 6.45) is 2.82. The van der Waals surface area contributed by atoms with Gasteiger partial charge < -0.3 is 56.0 Å². The van der Waals surface area contributed by atoms with Crippen LogP contribution in [0.5, 0.6) is 0 Å². The minimum absolute atomic E-state index is 0.0102. The molecule has 2 atom stereocenters. The van der Waals surface area contributed by atoms with E-state index in [4.69, 9.17) is 29.4 Å². The van der Waals surface area contributed by atoms with Gasteiger partial charge in [0.15, 0.2) is 0 Å². The highest BCUT2D eigenvalue weighted by Gasteiger charge is 2.29. The van der Waals surface area contributed by atoms with Gasteiger partial charge in [-0.05, 0) is 57.2 Å². The van der Waals surface area contributed by atoms with Crippen LogP contribution in [0.2, 0.25) is 0 Å². The van der Waals surface area contributed by atoms with Gasteiger partial charge in [-0.3, -0.25) is 38.5 Å². The Labute approximate surface area is 356 Å². The number of benzene rings is 1. The van der Waals surface area contributed by atoms with E-state index in [2.05, 4.69) is 26.6 Å². The van der Waals surface area contributed by atoms with Crippen LogP contribution in [-0.2, 0) is 63.9 Å². The van der Waals surface area contributed by atoms with E-state index < -0.39 is 53.1 Å². The number of primary amides is 1. The second kappa shape index (κ2) is 28.2. The van der Waals surface area contributed by atoms with E-state index in [0.717, 1.165) is 10.5 Å². The van der Waals surface area contributed by atoms with Gasteiger partial charge in [-0.1, -0.05) is 26.0 Å². The number of hydrogen-bond donors (Lipinski definition) is 6. The van der Waals surface area contributed by atoms with E-state index in [1.165, 1.54) is 12.2 Å². The number of esters is 1. The molecule has 0 spiro atoms. The molecule has 1 unspecified atom stereocenters. The van der Waals surface area contributed by atoms with Crippen molar-refractivity contribution in [3.63, 3.8) is 0 Å². The van der Waals surface area contributed by atoms with Gasteiger partial charge in [0.2, 0.25) is 23.6 Å². The van der Waals surface area contributed by atoms with E-state index in [0.29, 0.717) is 38.5 Å². The van der Waals surface area contributed by atoms with Gasteiger partial charge in [-0.25, -0.2) is 4.79 Å². The molecule has 61 heavy (non-hydrogen) atoms. The molecule has 20 heteroatoms. The molecule has 1 aromatic carbocycles. The van der Waals surface area contributed by atoms with Crippen molar-refractivity contribution >= 4 is 53.1 Å². The highest BCUT2D eigenvalue weighted by atomic mass is 16.6. The number of ether oxygens (including phenoxy) is 5. The fourth-order valence-electron chi connectivity index (χ4n) is 5.25. The van der Waals surface area contributed by atoms with Crippen molar-refractivity contribution in [2.45, 2.75) is 79.0 Å². The third-order valence-corrected chi connectivity index (χ3v) is 8.69. The zero-order chi connectivity index (χ0) is 45.2. The predicted molar refractivity (Wildman–Crippen MR) is 221 cm³/mol. The standard InChI is InChI=1S/C41H63N7O13/c1-28(2)36(38(54)46-31(7-6-16-44-40(42)56)37(53)45-30-10-8-29(9-11-30)27-61-39(55)41(3,4)5)47-33(50)15-19-57-21-23-59-25-26-60-24-22-58-20-17-43-32(49)14-18-48-34(51)12-13-35(48)52/h8-13,28,31,36H,6-7,14-27H2,1-5H3,(H,43,49)(H,45,53)(H,46,54)(H,47,50)(H3,42,44,56)/t31-,36?/m0/s1. The number of imide groups is 1. The second-order valence-corrected chi connectivity index (χ2v) is 15.3. The third-order valence-electron chi connectivity index (χ3n) is 8.69. The Kier molecular flexibility index (Phi) is 23.9. The van der Waals surface area contributed by atoms with Crippen LogP contribution in [0.15, 0.2) is 36.4 Å². The Morgan fingerprint density at radius 2 is 1.28 bits per heavy atom. The zero-order valence-corrected chi connectivity index (χ0v) is 35.8. The molecule has 1 aromatic rings. The molecule has 7 N–H and O–H groups in total. The van der Waals surface area contributed by atoms with Crippen molar-refractivity contribution in [3.8, 4) is 0 Å². The first-order valence-corrected chi connectivity index (χ1v) is 20.3. The fourth-order valence-corrected chi connectivity index (χ4v) is 5.25. The molecular weight excluding hydrogens is 798 g/mol. The number of carbonyl (C=O) groups excluding carboxylic acids is 8. The maximum absolute atomic E-state index is 13.4. The summed E-state index contributed by atoms with van der Waals surface area (Å²) in [5, 5.41) is 13.4. The van der Waals surface area contributed by atoms with Gasteiger partial charge in [0, 0.05) is 50.3 Å². The summed E-state index contributed by atoms with van der Waals surface area (Å²) in [5.41, 5.74) is 5.69. The molecule has 340 valence electrons. The van der Waals surface area contributed by atoms with Crippen molar-refractivity contribution < 1.29 is 62.0 Å². The summed E-state index contributed by atoms with van der Waals surface area (Å²) in [4.78, 5) is 98.7. The third kappa shape index (κ3) is 22.1. The monoisotopic (exact) mass is 861 g/mol. The first-order valence-electron chi connectivity index (χ1n) is 20.3. The van der Waals surface area contributed by atoms with Crippen LogP contribution in [0, 0.1) is 11.3 Å². The molecule has 0 aliphatic carbocycles. The highest BCUT2D eigenvalue weighted by molar-refractivity contribution is 6.13. The van der Waals surface area contributed by atoms with Crippen molar-refractivity contribution in [2.75, 3.05) is 77.8 Å². The van der Waals surface area contributed by atoms with E-state index in [1.807, 2.05) is 0 Å². The maximum atomic E-state index is 13.4. The number of hydrogen-bond acceptors (Lipinski definition) is 13. The number of nitrogens with zero attached hydrogens (tertiary/aromatic N) is 1. The predicted octanol–water partition coefficient (Wildman–Crippen LogP) is 0.676. The van der Waals surface area contributed by atoms with Crippen LogP contribution in [0.1, 0.15) is 65.9 Å². The summed E-state index contributed by atoms with van der Waals surface area (Å²) in [6.45, 7) is 11.5. The molecular formula is C41H63N7O13. The number of urea groups is 1. The molecule has 0 aromatic heterocycles. The Balaban J connectivity index is 1.64. The molecule has 2 rings (SSSR count). The lowest BCUT2D eigenvalue weighted by Crippen LogP contribution is -2.54. The number of nitrogens with two attached hydrogens (primary N) is 1. The molecule has 20 nitrogen and oxygen atoms in total. The van der Waals surface area contributed by atoms with Gasteiger partial charge in [-0.15, -0.1) is 0 Å². The summed E-state index contributed by atoms with van der Waals surface area (Å²) in [7, 11) is 0. The second-order valence-electron chi connectivity index (χ2n) is 15.3. The van der Waals surface area contributed by atoms with E-state index in [-0.39, 0.29) is 89.7 Å².